The number of hydrogen-bond donors (Lipinski definition) is 2. The molecule has 0 saturated heterocycles. The van der Waals surface area contributed by atoms with Gasteiger partial charge in [0, 0.05) is 12.1 Å². The summed E-state index contributed by atoms with van der Waals surface area (Å²) in [4.78, 5) is 0. The summed E-state index contributed by atoms with van der Waals surface area (Å²) in [6.45, 7) is 1.99. The van der Waals surface area contributed by atoms with E-state index in [1.54, 1.807) is 0 Å². The van der Waals surface area contributed by atoms with E-state index in [0.717, 1.165) is 12.8 Å². The lowest BCUT2D eigenvalue weighted by atomic mass is 10.0. The minimum absolute atomic E-state index is 0.183. The Balaban J connectivity index is 2.41. The first kappa shape index (κ1) is 10.2. The molecule has 0 aliphatic rings. The molecule has 0 aliphatic heterocycles. The van der Waals surface area contributed by atoms with E-state index in [-0.39, 0.29) is 12.1 Å². The van der Waals surface area contributed by atoms with E-state index in [9.17, 15) is 0 Å². The number of rotatable bonds is 4. The van der Waals surface area contributed by atoms with E-state index in [1.807, 2.05) is 25.1 Å². The van der Waals surface area contributed by atoms with Crippen LogP contribution in [0.15, 0.2) is 30.3 Å². The van der Waals surface area contributed by atoms with Gasteiger partial charge in [0.2, 0.25) is 0 Å². The van der Waals surface area contributed by atoms with E-state index in [2.05, 4.69) is 12.1 Å². The monoisotopic (exact) mass is 178 g/mol. The molecule has 4 N–H and O–H groups in total. The van der Waals surface area contributed by atoms with Crippen LogP contribution in [0.25, 0.3) is 0 Å². The van der Waals surface area contributed by atoms with Crippen molar-refractivity contribution in [2.24, 2.45) is 11.5 Å². The summed E-state index contributed by atoms with van der Waals surface area (Å²) in [6.07, 6.45) is 1.80. The Hall–Kier alpha value is -0.860. The summed E-state index contributed by atoms with van der Waals surface area (Å²) in [7, 11) is 0. The van der Waals surface area contributed by atoms with Crippen molar-refractivity contribution < 1.29 is 0 Å². The van der Waals surface area contributed by atoms with Gasteiger partial charge in [0.25, 0.3) is 0 Å². The smallest absolute Gasteiger partial charge is 0.00939 e. The lowest BCUT2D eigenvalue weighted by Gasteiger charge is -2.13. The molecule has 0 radical (unpaired) electrons. The molecule has 0 amide bonds. The summed E-state index contributed by atoms with van der Waals surface area (Å²) in [5.74, 6) is 0. The second kappa shape index (κ2) is 5.00. The fraction of sp³-hybridized carbons (Fsp3) is 0.455. The lowest BCUT2D eigenvalue weighted by Crippen LogP contribution is -2.30. The maximum atomic E-state index is 5.93. The van der Waals surface area contributed by atoms with Gasteiger partial charge in [0.15, 0.2) is 0 Å². The van der Waals surface area contributed by atoms with Crippen LogP contribution < -0.4 is 11.5 Å². The van der Waals surface area contributed by atoms with Crippen molar-refractivity contribution in [3.8, 4) is 0 Å². The van der Waals surface area contributed by atoms with Crippen molar-refractivity contribution in [2.45, 2.75) is 31.8 Å². The summed E-state index contributed by atoms with van der Waals surface area (Å²) in [6, 6.07) is 10.7. The first-order chi connectivity index (χ1) is 6.18. The van der Waals surface area contributed by atoms with Crippen LogP contribution in [0.2, 0.25) is 0 Å². The second-order valence-electron chi connectivity index (χ2n) is 3.66. The van der Waals surface area contributed by atoms with Crippen molar-refractivity contribution in [3.63, 3.8) is 0 Å². The Bertz CT molecular complexity index is 231. The molecule has 72 valence electrons. The van der Waals surface area contributed by atoms with Crippen molar-refractivity contribution in [2.75, 3.05) is 0 Å². The zero-order valence-electron chi connectivity index (χ0n) is 8.11. The van der Waals surface area contributed by atoms with Crippen LogP contribution in [0.4, 0.5) is 0 Å². The van der Waals surface area contributed by atoms with Gasteiger partial charge in [-0.3, -0.25) is 0 Å². The molecular weight excluding hydrogens is 160 g/mol. The molecule has 1 aromatic rings. The molecule has 0 heterocycles. The van der Waals surface area contributed by atoms with Gasteiger partial charge >= 0.3 is 0 Å². The van der Waals surface area contributed by atoms with Crippen LogP contribution in [0.1, 0.15) is 18.9 Å². The highest BCUT2D eigenvalue weighted by Gasteiger charge is 2.05. The van der Waals surface area contributed by atoms with Crippen molar-refractivity contribution >= 4 is 0 Å². The number of nitrogens with two attached hydrogens (primary N) is 2. The first-order valence-electron chi connectivity index (χ1n) is 4.73. The minimum Gasteiger partial charge on any atom is -0.328 e. The molecule has 2 heteroatoms. The van der Waals surface area contributed by atoms with Crippen molar-refractivity contribution in [1.29, 1.82) is 0 Å². The molecule has 0 fully saturated rings. The van der Waals surface area contributed by atoms with Crippen LogP contribution in [0.3, 0.4) is 0 Å². The average Bonchev–Trinajstić information content (AvgIpc) is 2.04. The summed E-state index contributed by atoms with van der Waals surface area (Å²) in [5.41, 5.74) is 12.9. The normalized spacial score (nSPS) is 15.3. The predicted molar refractivity (Wildman–Crippen MR) is 56.4 cm³/mol. The third kappa shape index (κ3) is 4.06. The minimum atomic E-state index is 0.183. The topological polar surface area (TPSA) is 52.0 Å². The van der Waals surface area contributed by atoms with Crippen molar-refractivity contribution in [1.82, 2.24) is 0 Å². The van der Waals surface area contributed by atoms with Gasteiger partial charge in [-0.05, 0) is 25.3 Å². The Kier molecular flexibility index (Phi) is 3.93. The van der Waals surface area contributed by atoms with Crippen molar-refractivity contribution in [3.05, 3.63) is 35.9 Å². The van der Waals surface area contributed by atoms with Crippen LogP contribution in [0, 0.1) is 0 Å². The van der Waals surface area contributed by atoms with Gasteiger partial charge in [-0.1, -0.05) is 30.3 Å². The molecule has 2 unspecified atom stereocenters. The van der Waals surface area contributed by atoms with Gasteiger partial charge in [-0.25, -0.2) is 0 Å². The molecule has 1 aromatic carbocycles. The average molecular weight is 178 g/mol. The molecule has 0 aliphatic carbocycles. The van der Waals surface area contributed by atoms with E-state index in [4.69, 9.17) is 11.5 Å². The SMILES string of the molecule is CC(N)CC(N)Cc1ccccc1. The first-order valence-corrected chi connectivity index (χ1v) is 4.73. The van der Waals surface area contributed by atoms with Crippen LogP contribution in [-0.4, -0.2) is 12.1 Å². The van der Waals surface area contributed by atoms with E-state index in [0.29, 0.717) is 0 Å². The van der Waals surface area contributed by atoms with Gasteiger partial charge in [0.05, 0.1) is 0 Å². The third-order valence-corrected chi connectivity index (χ3v) is 2.02. The predicted octanol–water partition coefficient (Wildman–Crippen LogP) is 1.29. The fourth-order valence-corrected chi connectivity index (χ4v) is 1.48. The van der Waals surface area contributed by atoms with E-state index < -0.39 is 0 Å². The van der Waals surface area contributed by atoms with Crippen LogP contribution in [-0.2, 0) is 6.42 Å². The molecule has 2 nitrogen and oxygen atoms in total. The Morgan fingerprint density at radius 2 is 1.77 bits per heavy atom. The number of hydrogen-bond acceptors (Lipinski definition) is 2. The third-order valence-electron chi connectivity index (χ3n) is 2.02. The highest BCUT2D eigenvalue weighted by molar-refractivity contribution is 5.15. The summed E-state index contributed by atoms with van der Waals surface area (Å²) < 4.78 is 0. The maximum absolute atomic E-state index is 5.93. The van der Waals surface area contributed by atoms with E-state index in [1.165, 1.54) is 5.56 Å². The van der Waals surface area contributed by atoms with Crippen LogP contribution >= 0.6 is 0 Å². The Morgan fingerprint density at radius 3 is 2.31 bits per heavy atom. The molecule has 0 aromatic heterocycles. The molecule has 13 heavy (non-hydrogen) atoms. The highest BCUT2D eigenvalue weighted by atomic mass is 14.7. The molecule has 2 atom stereocenters. The second-order valence-corrected chi connectivity index (χ2v) is 3.66. The Labute approximate surface area is 79.9 Å². The Morgan fingerprint density at radius 1 is 1.15 bits per heavy atom. The molecule has 0 bridgehead atoms. The van der Waals surface area contributed by atoms with Gasteiger partial charge in [0.1, 0.15) is 0 Å². The fourth-order valence-electron chi connectivity index (χ4n) is 1.48. The van der Waals surface area contributed by atoms with Gasteiger partial charge in [-0.2, -0.15) is 0 Å². The maximum Gasteiger partial charge on any atom is 0.00939 e. The standard InChI is InChI=1S/C11H18N2/c1-9(12)7-11(13)8-10-5-3-2-4-6-10/h2-6,9,11H,7-8,12-13H2,1H3. The zero-order chi connectivity index (χ0) is 9.68. The van der Waals surface area contributed by atoms with E-state index >= 15 is 0 Å². The molecular formula is C11H18N2. The van der Waals surface area contributed by atoms with Gasteiger partial charge in [-0.15, -0.1) is 0 Å². The summed E-state index contributed by atoms with van der Waals surface area (Å²) in [5, 5.41) is 0. The van der Waals surface area contributed by atoms with Gasteiger partial charge < -0.3 is 11.5 Å². The molecule has 0 spiro atoms. The zero-order valence-corrected chi connectivity index (χ0v) is 8.11. The largest absolute Gasteiger partial charge is 0.328 e. The quantitative estimate of drug-likeness (QED) is 0.730. The lowest BCUT2D eigenvalue weighted by molar-refractivity contribution is 0.544. The summed E-state index contributed by atoms with van der Waals surface area (Å²) >= 11 is 0. The highest BCUT2D eigenvalue weighted by Crippen LogP contribution is 2.04. The molecule has 0 saturated carbocycles. The molecule has 1 rings (SSSR count). The van der Waals surface area contributed by atoms with Crippen LogP contribution in [0.5, 0.6) is 0 Å². The number of benzene rings is 1.